The molecule has 0 amide bonds. The molecular formula is C4H3NS. The maximum Gasteiger partial charge on any atom is 0.0127 e. The van der Waals surface area contributed by atoms with Crippen molar-refractivity contribution in [1.29, 1.82) is 0 Å². The molecule has 1 rings (SSSR count). The van der Waals surface area contributed by atoms with Crippen LogP contribution in [-0.2, 0) is 0 Å². The Morgan fingerprint density at radius 3 is 2.83 bits per heavy atom. The van der Waals surface area contributed by atoms with Gasteiger partial charge in [0.25, 0.3) is 0 Å². The van der Waals surface area contributed by atoms with Gasteiger partial charge >= 0.3 is 0 Å². The summed E-state index contributed by atoms with van der Waals surface area (Å²) in [6.07, 6.45) is 3.67. The van der Waals surface area contributed by atoms with Crippen LogP contribution in [0.2, 0.25) is 0 Å². The molecule has 0 unspecified atom stereocenters. The van der Waals surface area contributed by atoms with Crippen LogP contribution in [0.5, 0.6) is 0 Å². The van der Waals surface area contributed by atoms with Gasteiger partial charge in [-0.25, -0.2) is 0 Å². The number of hydrogen-bond donors (Lipinski definition) is 0. The fourth-order valence-electron chi connectivity index (χ4n) is 0.209. The lowest BCUT2D eigenvalue weighted by Crippen LogP contribution is -1.54. The largest absolute Gasteiger partial charge is 0.169 e. The Kier molecular flexibility index (Phi) is 1.15. The van der Waals surface area contributed by atoms with E-state index in [9.17, 15) is 0 Å². The number of nitrogens with zero attached hydrogens (tertiary/aromatic N) is 1. The topological polar surface area (TPSA) is 12.4 Å². The molecule has 0 aromatic rings. The van der Waals surface area contributed by atoms with Crippen LogP contribution in [-0.4, -0.2) is 5.87 Å². The van der Waals surface area contributed by atoms with Crippen molar-refractivity contribution in [1.82, 2.24) is 0 Å². The van der Waals surface area contributed by atoms with Crippen LogP contribution in [0.15, 0.2) is 22.0 Å². The molecule has 30 valence electrons. The maximum absolute atomic E-state index is 3.70. The SMILES string of the molecule is C1=CC=CSN=1. The van der Waals surface area contributed by atoms with Gasteiger partial charge in [-0.2, -0.15) is 4.40 Å². The van der Waals surface area contributed by atoms with E-state index in [1.54, 1.807) is 6.08 Å². The van der Waals surface area contributed by atoms with Crippen LogP contribution in [0.3, 0.4) is 0 Å². The lowest BCUT2D eigenvalue weighted by Gasteiger charge is -1.77. The summed E-state index contributed by atoms with van der Waals surface area (Å²) < 4.78 is 3.70. The highest BCUT2D eigenvalue weighted by Gasteiger charge is 1.70. The average Bonchev–Trinajstić information content (AvgIpc) is 1.72. The Balaban J connectivity index is 2.78. The normalized spacial score (nSPS) is 16.0. The molecule has 1 aliphatic rings. The Hall–Kier alpha value is -0.460. The quantitative estimate of drug-likeness (QED) is 0.416. The zero-order valence-electron chi connectivity index (χ0n) is 3.09. The van der Waals surface area contributed by atoms with Crippen molar-refractivity contribution in [2.24, 2.45) is 4.40 Å². The first-order valence-corrected chi connectivity index (χ1v) is 2.43. The lowest BCUT2D eigenvalue weighted by atomic mass is 10.6. The van der Waals surface area contributed by atoms with E-state index in [1.807, 2.05) is 11.5 Å². The van der Waals surface area contributed by atoms with Gasteiger partial charge in [0.15, 0.2) is 0 Å². The van der Waals surface area contributed by atoms with Crippen molar-refractivity contribution in [3.63, 3.8) is 0 Å². The van der Waals surface area contributed by atoms with Gasteiger partial charge in [-0.05, 0) is 17.4 Å². The number of allylic oxidation sites excluding steroid dienone is 2. The van der Waals surface area contributed by atoms with E-state index in [0.29, 0.717) is 0 Å². The molecule has 0 spiro atoms. The second kappa shape index (κ2) is 1.85. The molecule has 0 bridgehead atoms. The molecule has 0 aromatic carbocycles. The smallest absolute Gasteiger partial charge is 0.0127 e. The van der Waals surface area contributed by atoms with Crippen LogP contribution in [0.4, 0.5) is 0 Å². The maximum atomic E-state index is 3.70. The minimum Gasteiger partial charge on any atom is -0.169 e. The minimum absolute atomic E-state index is 1.40. The predicted molar refractivity (Wildman–Crippen MR) is 28.7 cm³/mol. The summed E-state index contributed by atoms with van der Waals surface area (Å²) in [6.45, 7) is 0. The summed E-state index contributed by atoms with van der Waals surface area (Å²) in [6, 6.07) is 0. The molecule has 1 nitrogen and oxygen atoms in total. The van der Waals surface area contributed by atoms with E-state index in [0.717, 1.165) is 0 Å². The van der Waals surface area contributed by atoms with Crippen LogP contribution in [0.1, 0.15) is 0 Å². The second-order valence-corrected chi connectivity index (χ2v) is 1.49. The van der Waals surface area contributed by atoms with Gasteiger partial charge in [0, 0.05) is 18.0 Å². The molecule has 0 N–H and O–H groups in total. The zero-order chi connectivity index (χ0) is 4.24. The summed E-state index contributed by atoms with van der Waals surface area (Å²) in [4.78, 5) is 0. The first kappa shape index (κ1) is 3.72. The molecule has 0 saturated carbocycles. The van der Waals surface area contributed by atoms with Crippen molar-refractivity contribution < 1.29 is 0 Å². The average molecular weight is 97.1 g/mol. The third kappa shape index (κ3) is 0.744. The van der Waals surface area contributed by atoms with Crippen molar-refractivity contribution in [3.8, 4) is 0 Å². The third-order valence-corrected chi connectivity index (χ3v) is 0.905. The summed E-state index contributed by atoms with van der Waals surface area (Å²) >= 11 is 1.40. The predicted octanol–water partition coefficient (Wildman–Crippen LogP) is 1.39. The van der Waals surface area contributed by atoms with Gasteiger partial charge < -0.3 is 0 Å². The molecule has 0 saturated heterocycles. The summed E-state index contributed by atoms with van der Waals surface area (Å²) in [5.41, 5.74) is 0. The molecule has 2 heteroatoms. The lowest BCUT2D eigenvalue weighted by molar-refractivity contribution is 1.96. The Bertz CT molecular complexity index is 120. The molecule has 1 heterocycles. The standard InChI is InChI=1S/C4H3NS/c1-2-4-6-5-3-1/h1-2,4H. The van der Waals surface area contributed by atoms with Crippen LogP contribution in [0.25, 0.3) is 0 Å². The summed E-state index contributed by atoms with van der Waals surface area (Å²) in [5.74, 6) is 2.66. The molecule has 6 heavy (non-hydrogen) atoms. The van der Waals surface area contributed by atoms with E-state index in [1.165, 1.54) is 11.9 Å². The first-order chi connectivity index (χ1) is 3.00. The molecule has 0 aliphatic carbocycles. The van der Waals surface area contributed by atoms with Gasteiger partial charge in [0.1, 0.15) is 0 Å². The van der Waals surface area contributed by atoms with Gasteiger partial charge in [-0.3, -0.25) is 0 Å². The Labute approximate surface area is 40.6 Å². The fourth-order valence-corrected chi connectivity index (χ4v) is 0.540. The highest BCUT2D eigenvalue weighted by Crippen LogP contribution is 2.03. The van der Waals surface area contributed by atoms with Crippen molar-refractivity contribution >= 4 is 17.8 Å². The Morgan fingerprint density at radius 2 is 2.67 bits per heavy atom. The van der Waals surface area contributed by atoms with E-state index in [-0.39, 0.29) is 0 Å². The monoisotopic (exact) mass is 97.0 g/mol. The van der Waals surface area contributed by atoms with Crippen LogP contribution >= 0.6 is 11.9 Å². The summed E-state index contributed by atoms with van der Waals surface area (Å²) in [5, 5.41) is 1.90. The van der Waals surface area contributed by atoms with Gasteiger partial charge in [-0.15, -0.1) is 0 Å². The van der Waals surface area contributed by atoms with E-state index in [2.05, 4.69) is 10.3 Å². The van der Waals surface area contributed by atoms with Gasteiger partial charge in [0.2, 0.25) is 0 Å². The van der Waals surface area contributed by atoms with Crippen LogP contribution in [0, 0.1) is 0 Å². The van der Waals surface area contributed by atoms with E-state index in [4.69, 9.17) is 0 Å². The van der Waals surface area contributed by atoms with Crippen LogP contribution < -0.4 is 0 Å². The molecular weight excluding hydrogens is 94.1 g/mol. The highest BCUT2D eigenvalue weighted by atomic mass is 32.2. The van der Waals surface area contributed by atoms with Crippen molar-refractivity contribution in [3.05, 3.63) is 17.6 Å². The van der Waals surface area contributed by atoms with Crippen molar-refractivity contribution in [2.45, 2.75) is 0 Å². The zero-order valence-corrected chi connectivity index (χ0v) is 3.90. The molecule has 0 fully saturated rings. The van der Waals surface area contributed by atoms with E-state index >= 15 is 0 Å². The van der Waals surface area contributed by atoms with E-state index < -0.39 is 0 Å². The number of rotatable bonds is 0. The highest BCUT2D eigenvalue weighted by molar-refractivity contribution is 8.01. The number of hydrogen-bond acceptors (Lipinski definition) is 2. The fraction of sp³-hybridized carbons (Fsp3) is 0. The summed E-state index contributed by atoms with van der Waals surface area (Å²) in [7, 11) is 0. The van der Waals surface area contributed by atoms with Gasteiger partial charge in [-0.1, -0.05) is 0 Å². The molecule has 1 aliphatic heterocycles. The van der Waals surface area contributed by atoms with Gasteiger partial charge in [0.05, 0.1) is 0 Å². The first-order valence-electron chi connectivity index (χ1n) is 1.60. The third-order valence-electron chi connectivity index (χ3n) is 0.416. The second-order valence-electron chi connectivity index (χ2n) is 0.821. The molecule has 0 radical (unpaired) electrons. The minimum atomic E-state index is 1.40. The molecule has 0 aromatic heterocycles. The molecule has 0 atom stereocenters. The Morgan fingerprint density at radius 1 is 1.67 bits per heavy atom. The van der Waals surface area contributed by atoms with Crippen molar-refractivity contribution in [2.75, 3.05) is 0 Å².